The van der Waals surface area contributed by atoms with Gasteiger partial charge in [-0.15, -0.1) is 0 Å². The van der Waals surface area contributed by atoms with Crippen LogP contribution in [0.2, 0.25) is 5.02 Å². The van der Waals surface area contributed by atoms with Crippen LogP contribution in [0.3, 0.4) is 0 Å². The van der Waals surface area contributed by atoms with Gasteiger partial charge in [0.25, 0.3) is 5.91 Å². The van der Waals surface area contributed by atoms with Gasteiger partial charge in [-0.05, 0) is 52.7 Å². The predicted octanol–water partition coefficient (Wildman–Crippen LogP) is 4.06. The van der Waals surface area contributed by atoms with Gasteiger partial charge in [-0.1, -0.05) is 17.7 Å². The van der Waals surface area contributed by atoms with E-state index in [4.69, 9.17) is 11.6 Å². The minimum atomic E-state index is -0.235. The summed E-state index contributed by atoms with van der Waals surface area (Å²) in [5.41, 5.74) is 2.12. The number of anilines is 1. The third-order valence-corrected chi connectivity index (χ3v) is 3.14. The minimum Gasteiger partial charge on any atom is -0.321 e. The summed E-state index contributed by atoms with van der Waals surface area (Å²) in [6, 6.07) is 8.88. The van der Waals surface area contributed by atoms with Crippen molar-refractivity contribution in [3.63, 3.8) is 0 Å². The number of nitrogens with one attached hydrogen (secondary N) is 1. The molecule has 0 aliphatic rings. The lowest BCUT2D eigenvalue weighted by atomic mass is 10.2. The van der Waals surface area contributed by atoms with Crippen LogP contribution in [0.5, 0.6) is 0 Å². The third kappa shape index (κ3) is 3.09. The largest absolute Gasteiger partial charge is 0.321 e. The monoisotopic (exact) mass is 324 g/mol. The van der Waals surface area contributed by atoms with Gasteiger partial charge in [0.2, 0.25) is 0 Å². The van der Waals surface area contributed by atoms with Gasteiger partial charge in [0.15, 0.2) is 0 Å². The molecule has 1 amide bonds. The topological polar surface area (TPSA) is 42.0 Å². The van der Waals surface area contributed by atoms with E-state index >= 15 is 0 Å². The van der Waals surface area contributed by atoms with Crippen LogP contribution in [-0.2, 0) is 0 Å². The zero-order chi connectivity index (χ0) is 13.1. The van der Waals surface area contributed by atoms with Gasteiger partial charge in [-0.3, -0.25) is 4.79 Å². The van der Waals surface area contributed by atoms with Crippen LogP contribution in [0.15, 0.2) is 41.1 Å². The molecule has 0 saturated carbocycles. The first-order valence-corrected chi connectivity index (χ1v) is 6.42. The summed E-state index contributed by atoms with van der Waals surface area (Å²) in [5, 5.41) is 3.27. The smallest absolute Gasteiger partial charge is 0.257 e. The number of pyridine rings is 1. The highest BCUT2D eigenvalue weighted by atomic mass is 79.9. The van der Waals surface area contributed by atoms with Crippen LogP contribution in [0.1, 0.15) is 15.9 Å². The van der Waals surface area contributed by atoms with Crippen molar-refractivity contribution in [3.05, 3.63) is 57.3 Å². The van der Waals surface area contributed by atoms with E-state index in [9.17, 15) is 4.79 Å². The maximum atomic E-state index is 11.9. The molecule has 1 aromatic heterocycles. The summed E-state index contributed by atoms with van der Waals surface area (Å²) >= 11 is 9.27. The predicted molar refractivity (Wildman–Crippen MR) is 76.1 cm³/mol. The van der Waals surface area contributed by atoms with Gasteiger partial charge in [0.1, 0.15) is 4.60 Å². The van der Waals surface area contributed by atoms with E-state index in [1.54, 1.807) is 24.3 Å². The van der Waals surface area contributed by atoms with E-state index < -0.39 is 0 Å². The third-order valence-electron chi connectivity index (χ3n) is 2.36. The molecule has 5 heteroatoms. The summed E-state index contributed by atoms with van der Waals surface area (Å²) in [7, 11) is 0. The molecule has 2 rings (SSSR count). The molecule has 92 valence electrons. The Labute approximate surface area is 118 Å². The van der Waals surface area contributed by atoms with Gasteiger partial charge in [0, 0.05) is 6.20 Å². The fraction of sp³-hybridized carbons (Fsp3) is 0.0769. The fourth-order valence-corrected chi connectivity index (χ4v) is 1.94. The van der Waals surface area contributed by atoms with Gasteiger partial charge < -0.3 is 5.32 Å². The second-order valence-electron chi connectivity index (χ2n) is 3.81. The first-order valence-electron chi connectivity index (χ1n) is 5.25. The molecule has 2 aromatic rings. The van der Waals surface area contributed by atoms with Gasteiger partial charge in [-0.2, -0.15) is 0 Å². The zero-order valence-electron chi connectivity index (χ0n) is 9.58. The van der Waals surface area contributed by atoms with E-state index in [1.165, 1.54) is 6.20 Å². The number of hydrogen-bond acceptors (Lipinski definition) is 2. The SMILES string of the molecule is Cc1ccc(NC(=O)c2ccc(Br)nc2)c(Cl)c1. The fourth-order valence-electron chi connectivity index (χ4n) is 1.43. The second-order valence-corrected chi connectivity index (χ2v) is 5.03. The maximum absolute atomic E-state index is 11.9. The summed E-state index contributed by atoms with van der Waals surface area (Å²) in [5.74, 6) is -0.235. The summed E-state index contributed by atoms with van der Waals surface area (Å²) < 4.78 is 0.687. The molecule has 0 aliphatic carbocycles. The van der Waals surface area contributed by atoms with Crippen LogP contribution in [0.25, 0.3) is 0 Å². The van der Waals surface area contributed by atoms with Crippen molar-refractivity contribution < 1.29 is 4.79 Å². The number of hydrogen-bond donors (Lipinski definition) is 1. The van der Waals surface area contributed by atoms with Crippen molar-refractivity contribution in [2.45, 2.75) is 6.92 Å². The zero-order valence-corrected chi connectivity index (χ0v) is 11.9. The molecule has 1 N–H and O–H groups in total. The van der Waals surface area contributed by atoms with E-state index in [2.05, 4.69) is 26.2 Å². The van der Waals surface area contributed by atoms with E-state index in [1.807, 2.05) is 13.0 Å². The Morgan fingerprint density at radius 1 is 1.33 bits per heavy atom. The number of nitrogens with zero attached hydrogens (tertiary/aromatic N) is 1. The standard InChI is InChI=1S/C13H10BrClN2O/c1-8-2-4-11(10(15)6-8)17-13(18)9-3-5-12(14)16-7-9/h2-7H,1H3,(H,17,18). The average Bonchev–Trinajstić information content (AvgIpc) is 2.33. The molecule has 1 aromatic carbocycles. The van der Waals surface area contributed by atoms with Gasteiger partial charge in [-0.25, -0.2) is 4.98 Å². The first-order chi connectivity index (χ1) is 8.56. The number of carbonyl (C=O) groups excluding carboxylic acids is 1. The summed E-state index contributed by atoms with van der Waals surface area (Å²) in [6.07, 6.45) is 1.50. The second kappa shape index (κ2) is 5.50. The Kier molecular flexibility index (Phi) is 3.99. The number of carbonyl (C=O) groups is 1. The molecule has 3 nitrogen and oxygen atoms in total. The Morgan fingerprint density at radius 3 is 2.72 bits per heavy atom. The number of benzene rings is 1. The number of halogens is 2. The highest BCUT2D eigenvalue weighted by molar-refractivity contribution is 9.10. The van der Waals surface area contributed by atoms with Crippen LogP contribution in [0, 0.1) is 6.92 Å². The van der Waals surface area contributed by atoms with Crippen LogP contribution < -0.4 is 5.32 Å². The van der Waals surface area contributed by atoms with Crippen molar-refractivity contribution in [3.8, 4) is 0 Å². The molecular weight excluding hydrogens is 316 g/mol. The molecule has 0 radical (unpaired) electrons. The molecule has 1 heterocycles. The van der Waals surface area contributed by atoms with Crippen molar-refractivity contribution in [1.29, 1.82) is 0 Å². The molecule has 0 unspecified atom stereocenters. The highest BCUT2D eigenvalue weighted by Crippen LogP contribution is 2.23. The Morgan fingerprint density at radius 2 is 2.11 bits per heavy atom. The first kappa shape index (κ1) is 13.1. The molecule has 0 atom stereocenters. The van der Waals surface area contributed by atoms with Crippen LogP contribution in [0.4, 0.5) is 5.69 Å². The van der Waals surface area contributed by atoms with Crippen molar-refractivity contribution in [1.82, 2.24) is 4.98 Å². The Bertz CT molecular complexity index is 584. The molecule has 0 aliphatic heterocycles. The van der Waals surface area contributed by atoms with Crippen LogP contribution in [-0.4, -0.2) is 10.9 Å². The van der Waals surface area contributed by atoms with Gasteiger partial charge in [0.05, 0.1) is 16.3 Å². The van der Waals surface area contributed by atoms with E-state index in [-0.39, 0.29) is 5.91 Å². The molecule has 0 fully saturated rings. The van der Waals surface area contributed by atoms with Crippen molar-refractivity contribution in [2.24, 2.45) is 0 Å². The van der Waals surface area contributed by atoms with Crippen molar-refractivity contribution >= 4 is 39.1 Å². The Hall–Kier alpha value is -1.39. The number of aromatic nitrogens is 1. The maximum Gasteiger partial charge on any atom is 0.257 e. The van der Waals surface area contributed by atoms with Crippen molar-refractivity contribution in [2.75, 3.05) is 5.32 Å². The minimum absolute atomic E-state index is 0.235. The summed E-state index contributed by atoms with van der Waals surface area (Å²) in [6.45, 7) is 1.94. The quantitative estimate of drug-likeness (QED) is 0.846. The van der Waals surface area contributed by atoms with Crippen LogP contribution >= 0.6 is 27.5 Å². The lowest BCUT2D eigenvalue weighted by Crippen LogP contribution is -2.12. The average molecular weight is 326 g/mol. The van der Waals surface area contributed by atoms with E-state index in [0.29, 0.717) is 20.9 Å². The normalized spacial score (nSPS) is 10.2. The molecule has 0 spiro atoms. The highest BCUT2D eigenvalue weighted by Gasteiger charge is 2.08. The lowest BCUT2D eigenvalue weighted by molar-refractivity contribution is 0.102. The molecule has 0 bridgehead atoms. The Balaban J connectivity index is 2.18. The number of amides is 1. The molecule has 18 heavy (non-hydrogen) atoms. The van der Waals surface area contributed by atoms with Gasteiger partial charge >= 0.3 is 0 Å². The molecule has 0 saturated heterocycles. The number of aryl methyl sites for hydroxylation is 1. The number of rotatable bonds is 2. The van der Waals surface area contributed by atoms with E-state index in [0.717, 1.165) is 5.56 Å². The lowest BCUT2D eigenvalue weighted by Gasteiger charge is -2.07. The summed E-state index contributed by atoms with van der Waals surface area (Å²) in [4.78, 5) is 15.9. The molecular formula is C13H10BrClN2O.